The number of aromatic nitrogens is 1. The standard InChI is InChI=1S/C19H25BrN2O3/c1-4-23-17-12-15(11-16(20)19(17)25-14(2)3)13-21-9-10-24-18-7-5-6-8-22-18/h5-8,11-12,14,21H,4,9-10,13H2,1-3H3. The van der Waals surface area contributed by atoms with Crippen LogP contribution in [0, 0.1) is 0 Å². The SMILES string of the molecule is CCOc1cc(CNCCOc2ccccn2)cc(Br)c1OC(C)C. The van der Waals surface area contributed by atoms with Gasteiger partial charge in [0.2, 0.25) is 5.88 Å². The van der Waals surface area contributed by atoms with Crippen molar-refractivity contribution < 1.29 is 14.2 Å². The van der Waals surface area contributed by atoms with Crippen LogP contribution in [-0.2, 0) is 6.54 Å². The summed E-state index contributed by atoms with van der Waals surface area (Å²) >= 11 is 3.58. The summed E-state index contributed by atoms with van der Waals surface area (Å²) in [4.78, 5) is 4.12. The summed E-state index contributed by atoms with van der Waals surface area (Å²) in [5.74, 6) is 2.15. The highest BCUT2D eigenvalue weighted by molar-refractivity contribution is 9.10. The number of halogens is 1. The third-order valence-corrected chi connectivity index (χ3v) is 3.81. The van der Waals surface area contributed by atoms with Crippen LogP contribution in [0.25, 0.3) is 0 Å². The largest absolute Gasteiger partial charge is 0.490 e. The van der Waals surface area contributed by atoms with Gasteiger partial charge in [-0.25, -0.2) is 4.98 Å². The van der Waals surface area contributed by atoms with Gasteiger partial charge in [-0.3, -0.25) is 0 Å². The van der Waals surface area contributed by atoms with Gasteiger partial charge in [0.1, 0.15) is 6.61 Å². The van der Waals surface area contributed by atoms with Crippen molar-refractivity contribution >= 4 is 15.9 Å². The summed E-state index contributed by atoms with van der Waals surface area (Å²) in [5, 5.41) is 3.36. The molecule has 0 amide bonds. The van der Waals surface area contributed by atoms with Crippen LogP contribution in [0.15, 0.2) is 41.0 Å². The van der Waals surface area contributed by atoms with Gasteiger partial charge < -0.3 is 19.5 Å². The molecule has 1 aromatic heterocycles. The lowest BCUT2D eigenvalue weighted by Gasteiger charge is -2.17. The van der Waals surface area contributed by atoms with E-state index in [2.05, 4.69) is 26.2 Å². The average Bonchev–Trinajstić information content (AvgIpc) is 2.58. The van der Waals surface area contributed by atoms with E-state index in [4.69, 9.17) is 14.2 Å². The number of hydrogen-bond donors (Lipinski definition) is 1. The monoisotopic (exact) mass is 408 g/mol. The Bertz CT molecular complexity index is 651. The summed E-state index contributed by atoms with van der Waals surface area (Å²) in [7, 11) is 0. The lowest BCUT2D eigenvalue weighted by molar-refractivity contribution is 0.222. The Morgan fingerprint density at radius 2 is 2.04 bits per heavy atom. The van der Waals surface area contributed by atoms with Gasteiger partial charge in [0.05, 0.1) is 17.2 Å². The number of nitrogens with one attached hydrogen (secondary N) is 1. The molecule has 0 saturated carbocycles. The highest BCUT2D eigenvalue weighted by atomic mass is 79.9. The number of nitrogens with zero attached hydrogens (tertiary/aromatic N) is 1. The Balaban J connectivity index is 1.88. The molecule has 0 bridgehead atoms. The molecular formula is C19H25BrN2O3. The van der Waals surface area contributed by atoms with Crippen molar-refractivity contribution in [3.05, 3.63) is 46.6 Å². The van der Waals surface area contributed by atoms with Crippen LogP contribution in [0.1, 0.15) is 26.3 Å². The molecule has 1 heterocycles. The summed E-state index contributed by atoms with van der Waals surface area (Å²) in [6.07, 6.45) is 1.80. The fourth-order valence-corrected chi connectivity index (χ4v) is 2.81. The molecule has 6 heteroatoms. The first-order chi connectivity index (χ1) is 12.1. The maximum absolute atomic E-state index is 5.86. The second-order valence-corrected chi connectivity index (χ2v) is 6.55. The number of ether oxygens (including phenoxy) is 3. The zero-order valence-electron chi connectivity index (χ0n) is 14.9. The van der Waals surface area contributed by atoms with Crippen molar-refractivity contribution in [3.63, 3.8) is 0 Å². The van der Waals surface area contributed by atoms with Gasteiger partial charge >= 0.3 is 0 Å². The molecule has 0 aliphatic heterocycles. The molecule has 0 aliphatic rings. The molecule has 2 rings (SSSR count). The smallest absolute Gasteiger partial charge is 0.213 e. The highest BCUT2D eigenvalue weighted by Gasteiger charge is 2.13. The molecule has 0 atom stereocenters. The lowest BCUT2D eigenvalue weighted by Crippen LogP contribution is -2.21. The van der Waals surface area contributed by atoms with Crippen molar-refractivity contribution in [2.75, 3.05) is 19.8 Å². The van der Waals surface area contributed by atoms with Crippen molar-refractivity contribution in [1.29, 1.82) is 0 Å². The lowest BCUT2D eigenvalue weighted by atomic mass is 10.2. The second-order valence-electron chi connectivity index (χ2n) is 5.70. The molecule has 5 nitrogen and oxygen atoms in total. The fourth-order valence-electron chi connectivity index (χ4n) is 2.23. The van der Waals surface area contributed by atoms with Gasteiger partial charge in [0.25, 0.3) is 0 Å². The minimum absolute atomic E-state index is 0.0863. The van der Waals surface area contributed by atoms with Crippen LogP contribution in [0.5, 0.6) is 17.4 Å². The Morgan fingerprint density at radius 3 is 2.72 bits per heavy atom. The Morgan fingerprint density at radius 1 is 1.20 bits per heavy atom. The number of hydrogen-bond acceptors (Lipinski definition) is 5. The van der Waals surface area contributed by atoms with Crippen LogP contribution in [-0.4, -0.2) is 30.8 Å². The molecular weight excluding hydrogens is 384 g/mol. The van der Waals surface area contributed by atoms with E-state index in [0.29, 0.717) is 25.6 Å². The van der Waals surface area contributed by atoms with Gasteiger partial charge in [-0.05, 0) is 60.5 Å². The maximum atomic E-state index is 5.86. The molecule has 2 aromatic rings. The topological polar surface area (TPSA) is 52.6 Å². The number of pyridine rings is 1. The van der Waals surface area contributed by atoms with Crippen molar-refractivity contribution in [2.45, 2.75) is 33.4 Å². The van der Waals surface area contributed by atoms with E-state index in [9.17, 15) is 0 Å². The van der Waals surface area contributed by atoms with Gasteiger partial charge in [0, 0.05) is 25.4 Å². The van der Waals surface area contributed by atoms with E-state index in [0.717, 1.165) is 28.1 Å². The fraction of sp³-hybridized carbons (Fsp3) is 0.421. The van der Waals surface area contributed by atoms with E-state index >= 15 is 0 Å². The zero-order valence-corrected chi connectivity index (χ0v) is 16.5. The van der Waals surface area contributed by atoms with E-state index in [-0.39, 0.29) is 6.10 Å². The summed E-state index contributed by atoms with van der Waals surface area (Å²) in [6, 6.07) is 9.68. The average molecular weight is 409 g/mol. The van der Waals surface area contributed by atoms with Crippen molar-refractivity contribution in [3.8, 4) is 17.4 Å². The molecule has 1 N–H and O–H groups in total. The van der Waals surface area contributed by atoms with Gasteiger partial charge in [0.15, 0.2) is 11.5 Å². The number of rotatable bonds is 10. The molecule has 0 aliphatic carbocycles. The normalized spacial score (nSPS) is 10.8. The predicted octanol–water partition coefficient (Wildman–Crippen LogP) is 4.20. The third kappa shape index (κ3) is 6.55. The molecule has 0 unspecified atom stereocenters. The third-order valence-electron chi connectivity index (χ3n) is 3.22. The Kier molecular flexibility index (Phi) is 8.01. The van der Waals surface area contributed by atoms with E-state index in [1.165, 1.54) is 0 Å². The van der Waals surface area contributed by atoms with E-state index < -0.39 is 0 Å². The van der Waals surface area contributed by atoms with Crippen LogP contribution in [0.4, 0.5) is 0 Å². The second kappa shape index (κ2) is 10.3. The van der Waals surface area contributed by atoms with Crippen LogP contribution in [0.2, 0.25) is 0 Å². The first kappa shape index (κ1) is 19.5. The van der Waals surface area contributed by atoms with Gasteiger partial charge in [-0.15, -0.1) is 0 Å². The molecule has 25 heavy (non-hydrogen) atoms. The van der Waals surface area contributed by atoms with Gasteiger partial charge in [-0.1, -0.05) is 6.07 Å². The van der Waals surface area contributed by atoms with Crippen LogP contribution < -0.4 is 19.5 Å². The summed E-state index contributed by atoms with van der Waals surface area (Å²) in [5.41, 5.74) is 1.12. The predicted molar refractivity (Wildman–Crippen MR) is 103 cm³/mol. The Hall–Kier alpha value is -1.79. The Labute approximate surface area is 157 Å². The first-order valence-electron chi connectivity index (χ1n) is 8.46. The molecule has 0 fully saturated rings. The molecule has 136 valence electrons. The van der Waals surface area contributed by atoms with E-state index in [1.807, 2.05) is 51.1 Å². The first-order valence-corrected chi connectivity index (χ1v) is 9.26. The van der Waals surface area contributed by atoms with Gasteiger partial charge in [-0.2, -0.15) is 0 Å². The summed E-state index contributed by atoms with van der Waals surface area (Å²) in [6.45, 7) is 8.56. The molecule has 1 aromatic carbocycles. The zero-order chi connectivity index (χ0) is 18.1. The minimum Gasteiger partial charge on any atom is -0.490 e. The highest BCUT2D eigenvalue weighted by Crippen LogP contribution is 2.37. The van der Waals surface area contributed by atoms with Crippen molar-refractivity contribution in [1.82, 2.24) is 10.3 Å². The van der Waals surface area contributed by atoms with Crippen LogP contribution in [0.3, 0.4) is 0 Å². The van der Waals surface area contributed by atoms with Crippen LogP contribution >= 0.6 is 15.9 Å². The van der Waals surface area contributed by atoms with E-state index in [1.54, 1.807) is 6.20 Å². The molecule has 0 saturated heterocycles. The minimum atomic E-state index is 0.0863. The molecule has 0 spiro atoms. The quantitative estimate of drug-likeness (QED) is 0.597. The number of benzene rings is 1. The summed E-state index contributed by atoms with van der Waals surface area (Å²) < 4.78 is 18.0. The maximum Gasteiger partial charge on any atom is 0.213 e. The molecule has 0 radical (unpaired) electrons. The van der Waals surface area contributed by atoms with Crippen molar-refractivity contribution in [2.24, 2.45) is 0 Å².